The summed E-state index contributed by atoms with van der Waals surface area (Å²) in [6.45, 7) is 0.646. The van der Waals surface area contributed by atoms with E-state index in [0.29, 0.717) is 11.4 Å². The fraction of sp³-hybridized carbons (Fsp3) is 0.278. The lowest BCUT2D eigenvalue weighted by Crippen LogP contribution is -2.38. The van der Waals surface area contributed by atoms with Gasteiger partial charge in [-0.15, -0.1) is 22.7 Å². The first-order chi connectivity index (χ1) is 12.1. The Labute approximate surface area is 154 Å². The number of carbonyl (C=O) groups excluding carboxylic acids is 2. The van der Waals surface area contributed by atoms with E-state index in [1.807, 2.05) is 29.6 Å². The SMILES string of the molecule is CN(CC(=O)NCCCc1nc2ccccc2s1)C(=O)c1cccs1. The highest BCUT2D eigenvalue weighted by Gasteiger charge is 2.15. The summed E-state index contributed by atoms with van der Waals surface area (Å²) >= 11 is 3.07. The van der Waals surface area contributed by atoms with Crippen LogP contribution in [0.5, 0.6) is 0 Å². The number of para-hydroxylation sites is 1. The van der Waals surface area contributed by atoms with Gasteiger partial charge in [-0.3, -0.25) is 9.59 Å². The van der Waals surface area contributed by atoms with Gasteiger partial charge in [0, 0.05) is 20.0 Å². The number of thiophene rings is 1. The van der Waals surface area contributed by atoms with E-state index in [-0.39, 0.29) is 18.4 Å². The van der Waals surface area contributed by atoms with Crippen molar-refractivity contribution in [2.75, 3.05) is 20.1 Å². The Morgan fingerprint density at radius 1 is 1.20 bits per heavy atom. The third-order valence-corrected chi connectivity index (χ3v) is 5.64. The van der Waals surface area contributed by atoms with Gasteiger partial charge in [0.1, 0.15) is 0 Å². The van der Waals surface area contributed by atoms with Crippen LogP contribution in [0.15, 0.2) is 41.8 Å². The molecular weight excluding hydrogens is 354 g/mol. The van der Waals surface area contributed by atoms with Gasteiger partial charge in [0.2, 0.25) is 5.91 Å². The first-order valence-corrected chi connectivity index (χ1v) is 9.73. The van der Waals surface area contributed by atoms with Crippen LogP contribution >= 0.6 is 22.7 Å². The van der Waals surface area contributed by atoms with Gasteiger partial charge in [-0.2, -0.15) is 0 Å². The summed E-state index contributed by atoms with van der Waals surface area (Å²) in [4.78, 5) is 30.7. The maximum atomic E-state index is 12.1. The van der Waals surface area contributed by atoms with Crippen molar-refractivity contribution in [3.8, 4) is 0 Å². The Hall–Kier alpha value is -2.25. The number of carbonyl (C=O) groups is 2. The fourth-order valence-electron chi connectivity index (χ4n) is 2.43. The monoisotopic (exact) mass is 373 g/mol. The van der Waals surface area contributed by atoms with E-state index in [9.17, 15) is 9.59 Å². The predicted octanol–water partition coefficient (Wildman–Crippen LogP) is 3.18. The topological polar surface area (TPSA) is 62.3 Å². The van der Waals surface area contributed by atoms with Gasteiger partial charge < -0.3 is 10.2 Å². The number of thiazole rings is 1. The number of hydrogen-bond acceptors (Lipinski definition) is 5. The van der Waals surface area contributed by atoms with Gasteiger partial charge in [-0.25, -0.2) is 4.98 Å². The Bertz CT molecular complexity index is 825. The van der Waals surface area contributed by atoms with Gasteiger partial charge in [0.15, 0.2) is 0 Å². The smallest absolute Gasteiger partial charge is 0.264 e. The lowest BCUT2D eigenvalue weighted by molar-refractivity contribution is -0.121. The molecule has 1 aromatic carbocycles. The van der Waals surface area contributed by atoms with Crippen LogP contribution in [0.25, 0.3) is 10.2 Å². The Kier molecular flexibility index (Phi) is 5.78. The zero-order valence-electron chi connectivity index (χ0n) is 13.9. The second-order valence-electron chi connectivity index (χ2n) is 5.67. The number of nitrogens with zero attached hydrogens (tertiary/aromatic N) is 2. The van der Waals surface area contributed by atoms with Gasteiger partial charge in [-0.05, 0) is 30.0 Å². The molecule has 2 aromatic heterocycles. The number of fused-ring (bicyclic) bond motifs is 1. The molecule has 0 saturated heterocycles. The molecule has 0 unspecified atom stereocenters. The standard InChI is InChI=1S/C18H19N3O2S2/c1-21(18(23)15-8-5-11-24-15)12-16(22)19-10-4-9-17-20-13-6-2-3-7-14(13)25-17/h2-3,5-8,11H,4,9-10,12H2,1H3,(H,19,22). The number of likely N-dealkylation sites (N-methyl/N-ethyl adjacent to an activating group) is 1. The molecule has 1 N–H and O–H groups in total. The number of amides is 2. The zero-order valence-corrected chi connectivity index (χ0v) is 15.5. The summed E-state index contributed by atoms with van der Waals surface area (Å²) in [6, 6.07) is 11.7. The molecule has 5 nitrogen and oxygen atoms in total. The summed E-state index contributed by atoms with van der Waals surface area (Å²) < 4.78 is 1.19. The highest BCUT2D eigenvalue weighted by Crippen LogP contribution is 2.22. The van der Waals surface area contributed by atoms with Crippen molar-refractivity contribution in [2.24, 2.45) is 0 Å². The molecule has 3 rings (SSSR count). The Morgan fingerprint density at radius 2 is 2.04 bits per heavy atom. The second-order valence-corrected chi connectivity index (χ2v) is 7.73. The van der Waals surface area contributed by atoms with Gasteiger partial charge in [-0.1, -0.05) is 18.2 Å². The molecule has 0 fully saturated rings. The zero-order chi connectivity index (χ0) is 17.6. The van der Waals surface area contributed by atoms with Crippen molar-refractivity contribution in [1.29, 1.82) is 0 Å². The van der Waals surface area contributed by atoms with Gasteiger partial charge in [0.25, 0.3) is 5.91 Å². The third kappa shape index (κ3) is 4.64. The van der Waals surface area contributed by atoms with Crippen LogP contribution in [0.3, 0.4) is 0 Å². The van der Waals surface area contributed by atoms with Crippen molar-refractivity contribution < 1.29 is 9.59 Å². The molecule has 0 saturated carbocycles. The Morgan fingerprint density at radius 3 is 2.80 bits per heavy atom. The highest BCUT2D eigenvalue weighted by molar-refractivity contribution is 7.18. The minimum Gasteiger partial charge on any atom is -0.355 e. The van der Waals surface area contributed by atoms with E-state index in [0.717, 1.165) is 23.4 Å². The van der Waals surface area contributed by atoms with Crippen molar-refractivity contribution in [2.45, 2.75) is 12.8 Å². The van der Waals surface area contributed by atoms with Crippen LogP contribution in [0.1, 0.15) is 21.1 Å². The van der Waals surface area contributed by atoms with Crippen LogP contribution in [0.4, 0.5) is 0 Å². The van der Waals surface area contributed by atoms with Crippen LogP contribution in [0, 0.1) is 0 Å². The first-order valence-electron chi connectivity index (χ1n) is 8.03. The molecule has 0 atom stereocenters. The highest BCUT2D eigenvalue weighted by atomic mass is 32.1. The van der Waals surface area contributed by atoms with Gasteiger partial charge in [0.05, 0.1) is 26.6 Å². The second kappa shape index (κ2) is 8.22. The molecule has 2 amide bonds. The number of nitrogens with one attached hydrogen (secondary N) is 1. The number of aryl methyl sites for hydroxylation is 1. The molecule has 0 bridgehead atoms. The number of aromatic nitrogens is 1. The van der Waals surface area contributed by atoms with E-state index >= 15 is 0 Å². The first kappa shape index (κ1) is 17.6. The molecule has 7 heteroatoms. The van der Waals surface area contributed by atoms with Crippen LogP contribution in [-0.4, -0.2) is 41.8 Å². The van der Waals surface area contributed by atoms with Crippen molar-refractivity contribution >= 4 is 44.7 Å². The third-order valence-electron chi connectivity index (χ3n) is 3.69. The average Bonchev–Trinajstić information content (AvgIpc) is 3.27. The minimum absolute atomic E-state index is 0.0673. The molecule has 130 valence electrons. The molecule has 0 radical (unpaired) electrons. The molecule has 0 aliphatic heterocycles. The van der Waals surface area contributed by atoms with Crippen LogP contribution in [0.2, 0.25) is 0 Å². The molecule has 2 heterocycles. The molecule has 25 heavy (non-hydrogen) atoms. The number of benzene rings is 1. The summed E-state index contributed by atoms with van der Waals surface area (Å²) in [5.41, 5.74) is 1.03. The maximum absolute atomic E-state index is 12.1. The van der Waals surface area contributed by atoms with Crippen LogP contribution < -0.4 is 5.32 Å². The van der Waals surface area contributed by atoms with Crippen molar-refractivity contribution in [3.63, 3.8) is 0 Å². The predicted molar refractivity (Wildman–Crippen MR) is 102 cm³/mol. The lowest BCUT2D eigenvalue weighted by atomic mass is 10.3. The Balaban J connectivity index is 1.39. The van der Waals surface area contributed by atoms with E-state index in [2.05, 4.69) is 16.4 Å². The largest absolute Gasteiger partial charge is 0.355 e. The summed E-state index contributed by atoms with van der Waals surface area (Å²) in [5.74, 6) is -0.267. The summed E-state index contributed by atoms with van der Waals surface area (Å²) in [7, 11) is 1.64. The van der Waals surface area contributed by atoms with Crippen molar-refractivity contribution in [3.05, 3.63) is 51.7 Å². The normalized spacial score (nSPS) is 10.8. The quantitative estimate of drug-likeness (QED) is 0.647. The average molecular weight is 374 g/mol. The summed E-state index contributed by atoms with van der Waals surface area (Å²) in [6.07, 6.45) is 1.66. The molecule has 3 aromatic rings. The minimum atomic E-state index is -0.142. The van der Waals surface area contributed by atoms with E-state index in [4.69, 9.17) is 0 Å². The lowest BCUT2D eigenvalue weighted by Gasteiger charge is -2.15. The summed E-state index contributed by atoms with van der Waals surface area (Å²) in [5, 5.41) is 5.80. The fourth-order valence-corrected chi connectivity index (χ4v) is 4.15. The van der Waals surface area contributed by atoms with E-state index in [1.54, 1.807) is 24.5 Å². The van der Waals surface area contributed by atoms with E-state index in [1.165, 1.54) is 20.9 Å². The molecule has 0 spiro atoms. The van der Waals surface area contributed by atoms with Crippen molar-refractivity contribution in [1.82, 2.24) is 15.2 Å². The van der Waals surface area contributed by atoms with Gasteiger partial charge >= 0.3 is 0 Å². The van der Waals surface area contributed by atoms with Crippen LogP contribution in [-0.2, 0) is 11.2 Å². The molecular formula is C18H19N3O2S2. The molecule has 0 aliphatic rings. The molecule has 0 aliphatic carbocycles. The number of hydrogen-bond donors (Lipinski definition) is 1. The van der Waals surface area contributed by atoms with E-state index < -0.39 is 0 Å². The number of rotatable bonds is 7. The maximum Gasteiger partial charge on any atom is 0.264 e.